The van der Waals surface area contributed by atoms with E-state index in [1.807, 2.05) is 18.0 Å². The highest BCUT2D eigenvalue weighted by Gasteiger charge is 2.12. The Balaban J connectivity index is 2.28. The fraction of sp³-hybridized carbons (Fsp3) is 0.500. The Morgan fingerprint density at radius 3 is 2.82 bits per heavy atom. The molecule has 0 aliphatic heterocycles. The highest BCUT2D eigenvalue weighted by Crippen LogP contribution is 2.03. The second kappa shape index (κ2) is 6.85. The molecule has 0 radical (unpaired) electrons. The fourth-order valence-corrected chi connectivity index (χ4v) is 1.48. The summed E-state index contributed by atoms with van der Waals surface area (Å²) >= 11 is 0. The molecule has 0 aliphatic rings. The number of esters is 1. The normalized spacial score (nSPS) is 10.5. The van der Waals surface area contributed by atoms with Crippen LogP contribution in [0.1, 0.15) is 18.9 Å². The Bertz CT molecular complexity index is 359. The molecule has 0 N–H and O–H groups in total. The fourth-order valence-electron chi connectivity index (χ4n) is 1.48. The van der Waals surface area contributed by atoms with Gasteiger partial charge in [-0.2, -0.15) is 0 Å². The first-order chi connectivity index (χ1) is 8.11. The number of hydrogen-bond acceptors (Lipinski definition) is 5. The standard InChI is InChI=1S/C12H17NO4/c1-3-17-12(15)6-11(14)8-13(2)7-10-4-5-16-9-10/h4-5,9H,3,6-8H2,1-2H3. The summed E-state index contributed by atoms with van der Waals surface area (Å²) in [5.41, 5.74) is 0.997. The molecule has 5 nitrogen and oxygen atoms in total. The molecule has 0 bridgehead atoms. The zero-order valence-electron chi connectivity index (χ0n) is 10.1. The number of ether oxygens (including phenoxy) is 1. The number of hydrogen-bond donors (Lipinski definition) is 0. The molecular weight excluding hydrogens is 222 g/mol. The zero-order valence-corrected chi connectivity index (χ0v) is 10.1. The van der Waals surface area contributed by atoms with Crippen molar-refractivity contribution in [2.45, 2.75) is 19.9 Å². The van der Waals surface area contributed by atoms with E-state index in [9.17, 15) is 9.59 Å². The molecule has 0 fully saturated rings. The summed E-state index contributed by atoms with van der Waals surface area (Å²) in [5, 5.41) is 0. The van der Waals surface area contributed by atoms with Gasteiger partial charge in [0.25, 0.3) is 0 Å². The first-order valence-corrected chi connectivity index (χ1v) is 5.48. The monoisotopic (exact) mass is 239 g/mol. The van der Waals surface area contributed by atoms with Crippen molar-refractivity contribution in [3.8, 4) is 0 Å². The molecule has 94 valence electrons. The number of nitrogens with zero attached hydrogens (tertiary/aromatic N) is 1. The maximum atomic E-state index is 11.5. The Hall–Kier alpha value is -1.62. The van der Waals surface area contributed by atoms with Crippen molar-refractivity contribution in [2.75, 3.05) is 20.2 Å². The number of furan rings is 1. The van der Waals surface area contributed by atoms with Crippen LogP contribution in [0.4, 0.5) is 0 Å². The van der Waals surface area contributed by atoms with Crippen molar-refractivity contribution in [3.05, 3.63) is 24.2 Å². The lowest BCUT2D eigenvalue weighted by Crippen LogP contribution is -2.27. The third-order valence-corrected chi connectivity index (χ3v) is 2.13. The topological polar surface area (TPSA) is 59.8 Å². The van der Waals surface area contributed by atoms with Gasteiger partial charge in [0.05, 0.1) is 25.7 Å². The van der Waals surface area contributed by atoms with Crippen molar-refractivity contribution in [3.63, 3.8) is 0 Å². The highest BCUT2D eigenvalue weighted by atomic mass is 16.5. The van der Waals surface area contributed by atoms with E-state index in [-0.39, 0.29) is 18.7 Å². The molecule has 0 unspecified atom stereocenters. The molecule has 1 heterocycles. The number of Topliss-reactive ketones (excluding diaryl/α,β-unsaturated/α-hetero) is 1. The van der Waals surface area contributed by atoms with Crippen molar-refractivity contribution in [1.82, 2.24) is 4.90 Å². The van der Waals surface area contributed by atoms with Crippen LogP contribution in [0, 0.1) is 0 Å². The van der Waals surface area contributed by atoms with E-state index >= 15 is 0 Å². The van der Waals surface area contributed by atoms with Crippen LogP contribution in [-0.4, -0.2) is 36.9 Å². The first kappa shape index (κ1) is 13.4. The average Bonchev–Trinajstić information content (AvgIpc) is 2.69. The molecule has 1 aromatic rings. The summed E-state index contributed by atoms with van der Waals surface area (Å²) in [4.78, 5) is 24.4. The Labute approximate surface area is 100 Å². The number of ketones is 1. The number of carbonyl (C=O) groups is 2. The van der Waals surface area contributed by atoms with Gasteiger partial charge in [-0.15, -0.1) is 0 Å². The van der Waals surface area contributed by atoms with Gasteiger partial charge in [0.2, 0.25) is 0 Å². The van der Waals surface area contributed by atoms with Crippen LogP contribution >= 0.6 is 0 Å². The van der Waals surface area contributed by atoms with Crippen LogP contribution in [0.5, 0.6) is 0 Å². The molecule has 1 rings (SSSR count). The van der Waals surface area contributed by atoms with Crippen LogP contribution in [0.3, 0.4) is 0 Å². The van der Waals surface area contributed by atoms with Crippen molar-refractivity contribution >= 4 is 11.8 Å². The molecule has 17 heavy (non-hydrogen) atoms. The first-order valence-electron chi connectivity index (χ1n) is 5.48. The third-order valence-electron chi connectivity index (χ3n) is 2.13. The lowest BCUT2D eigenvalue weighted by molar-refractivity contribution is -0.145. The Morgan fingerprint density at radius 2 is 2.24 bits per heavy atom. The summed E-state index contributed by atoms with van der Waals surface area (Å²) in [6.07, 6.45) is 3.06. The number of rotatable bonds is 7. The SMILES string of the molecule is CCOC(=O)CC(=O)CN(C)Cc1ccoc1. The summed E-state index contributed by atoms with van der Waals surface area (Å²) < 4.78 is 9.64. The Morgan fingerprint density at radius 1 is 1.47 bits per heavy atom. The minimum Gasteiger partial charge on any atom is -0.472 e. The zero-order chi connectivity index (χ0) is 12.7. The van der Waals surface area contributed by atoms with E-state index in [0.29, 0.717) is 13.2 Å². The average molecular weight is 239 g/mol. The smallest absolute Gasteiger partial charge is 0.313 e. The Kier molecular flexibility index (Phi) is 5.42. The summed E-state index contributed by atoms with van der Waals surface area (Å²) in [6.45, 7) is 2.86. The van der Waals surface area contributed by atoms with Gasteiger partial charge in [-0.3, -0.25) is 14.5 Å². The van der Waals surface area contributed by atoms with Gasteiger partial charge in [-0.1, -0.05) is 0 Å². The van der Waals surface area contributed by atoms with Crippen molar-refractivity contribution in [1.29, 1.82) is 0 Å². The second-order valence-electron chi connectivity index (χ2n) is 3.82. The molecule has 5 heteroatoms. The largest absolute Gasteiger partial charge is 0.472 e. The van der Waals surface area contributed by atoms with Crippen LogP contribution in [0.2, 0.25) is 0 Å². The van der Waals surface area contributed by atoms with Gasteiger partial charge in [-0.05, 0) is 20.0 Å². The van der Waals surface area contributed by atoms with E-state index < -0.39 is 5.97 Å². The van der Waals surface area contributed by atoms with Gasteiger partial charge < -0.3 is 9.15 Å². The van der Waals surface area contributed by atoms with Crippen LogP contribution < -0.4 is 0 Å². The van der Waals surface area contributed by atoms with Gasteiger partial charge >= 0.3 is 5.97 Å². The molecule has 0 saturated heterocycles. The van der Waals surface area contributed by atoms with E-state index in [0.717, 1.165) is 5.56 Å². The van der Waals surface area contributed by atoms with Gasteiger partial charge in [0.15, 0.2) is 5.78 Å². The minimum absolute atomic E-state index is 0.144. The molecule has 0 amide bonds. The second-order valence-corrected chi connectivity index (χ2v) is 3.82. The van der Waals surface area contributed by atoms with Crippen LogP contribution in [0.25, 0.3) is 0 Å². The van der Waals surface area contributed by atoms with Crippen LogP contribution in [0.15, 0.2) is 23.0 Å². The molecule has 0 atom stereocenters. The van der Waals surface area contributed by atoms with E-state index in [2.05, 4.69) is 0 Å². The molecule has 0 aliphatic carbocycles. The molecule has 0 spiro atoms. The van der Waals surface area contributed by atoms with Crippen LogP contribution in [-0.2, 0) is 20.9 Å². The number of carbonyl (C=O) groups excluding carboxylic acids is 2. The summed E-state index contributed by atoms with van der Waals surface area (Å²) in [7, 11) is 1.82. The maximum absolute atomic E-state index is 11.5. The van der Waals surface area contributed by atoms with Crippen molar-refractivity contribution in [2.24, 2.45) is 0 Å². The third kappa shape index (κ3) is 5.31. The molecular formula is C12H17NO4. The lowest BCUT2D eigenvalue weighted by atomic mass is 10.2. The summed E-state index contributed by atoms with van der Waals surface area (Å²) in [5.74, 6) is -0.608. The highest BCUT2D eigenvalue weighted by molar-refractivity contribution is 5.96. The quantitative estimate of drug-likeness (QED) is 0.529. The van der Waals surface area contributed by atoms with Gasteiger partial charge in [-0.25, -0.2) is 0 Å². The minimum atomic E-state index is -0.464. The predicted molar refractivity (Wildman–Crippen MR) is 61.3 cm³/mol. The molecule has 0 aromatic carbocycles. The lowest BCUT2D eigenvalue weighted by Gasteiger charge is -2.14. The molecule has 0 saturated carbocycles. The van der Waals surface area contributed by atoms with Crippen molar-refractivity contribution < 1.29 is 18.7 Å². The van der Waals surface area contributed by atoms with E-state index in [4.69, 9.17) is 9.15 Å². The van der Waals surface area contributed by atoms with E-state index in [1.165, 1.54) is 0 Å². The molecule has 1 aromatic heterocycles. The van der Waals surface area contributed by atoms with Gasteiger partial charge in [0.1, 0.15) is 6.42 Å². The summed E-state index contributed by atoms with van der Waals surface area (Å²) in [6, 6.07) is 1.84. The number of likely N-dealkylation sites (N-methyl/N-ethyl adjacent to an activating group) is 1. The maximum Gasteiger partial charge on any atom is 0.313 e. The van der Waals surface area contributed by atoms with E-state index in [1.54, 1.807) is 19.5 Å². The van der Waals surface area contributed by atoms with Gasteiger partial charge in [0, 0.05) is 12.1 Å². The predicted octanol–water partition coefficient (Wildman–Crippen LogP) is 1.23.